The van der Waals surface area contributed by atoms with Gasteiger partial charge in [-0.25, -0.2) is 4.39 Å². The summed E-state index contributed by atoms with van der Waals surface area (Å²) in [6.07, 6.45) is 4.59. The Morgan fingerprint density at radius 1 is 1.26 bits per heavy atom. The maximum Gasteiger partial charge on any atom is 0.146 e. The number of thiophene rings is 1. The summed E-state index contributed by atoms with van der Waals surface area (Å²) in [6, 6.07) is 5.45. The summed E-state index contributed by atoms with van der Waals surface area (Å²) in [6.45, 7) is 1.93. The highest BCUT2D eigenvalue weighted by atomic mass is 32.1. The molecule has 19 heavy (non-hydrogen) atoms. The molecule has 0 radical (unpaired) electrons. The molecule has 0 saturated heterocycles. The minimum atomic E-state index is -0.293. The monoisotopic (exact) mass is 273 g/mol. The van der Waals surface area contributed by atoms with Gasteiger partial charge in [0.1, 0.15) is 5.82 Å². The van der Waals surface area contributed by atoms with Crippen LogP contribution >= 0.6 is 11.3 Å². The molecule has 3 nitrogen and oxygen atoms in total. The molecule has 0 fully saturated rings. The lowest BCUT2D eigenvalue weighted by Gasteiger charge is -2.16. The number of hydrogen-bond donors (Lipinski definition) is 1. The van der Waals surface area contributed by atoms with E-state index in [4.69, 9.17) is 0 Å². The van der Waals surface area contributed by atoms with E-state index in [1.807, 2.05) is 24.4 Å². The van der Waals surface area contributed by atoms with Crippen LogP contribution in [0.25, 0.3) is 10.2 Å². The van der Waals surface area contributed by atoms with Gasteiger partial charge in [-0.1, -0.05) is 0 Å². The van der Waals surface area contributed by atoms with Gasteiger partial charge in [0.05, 0.1) is 28.1 Å². The molecule has 1 unspecified atom stereocenters. The topological polar surface area (TPSA) is 37.8 Å². The fourth-order valence-electron chi connectivity index (χ4n) is 2.04. The smallest absolute Gasteiger partial charge is 0.146 e. The molecular formula is C14H12FN3S. The number of nitrogens with one attached hydrogen (secondary N) is 1. The third kappa shape index (κ3) is 2.29. The molecule has 3 aromatic rings. The third-order valence-electron chi connectivity index (χ3n) is 2.99. The van der Waals surface area contributed by atoms with Gasteiger partial charge in [0.2, 0.25) is 0 Å². The molecule has 0 amide bonds. The summed E-state index contributed by atoms with van der Waals surface area (Å²) in [5.74, 6) is -0.293. The van der Waals surface area contributed by atoms with Crippen molar-refractivity contribution in [2.75, 3.05) is 5.32 Å². The molecule has 3 aromatic heterocycles. The average Bonchev–Trinajstić information content (AvgIpc) is 2.88. The molecule has 3 heterocycles. The second-order valence-electron chi connectivity index (χ2n) is 4.26. The van der Waals surface area contributed by atoms with Crippen molar-refractivity contribution >= 4 is 27.2 Å². The molecule has 1 N–H and O–H groups in total. The number of aromatic nitrogens is 2. The molecule has 0 aliphatic heterocycles. The summed E-state index contributed by atoms with van der Waals surface area (Å²) in [7, 11) is 0. The van der Waals surface area contributed by atoms with Crippen LogP contribution in [-0.4, -0.2) is 9.97 Å². The Bertz CT molecular complexity index is 710. The number of rotatable bonds is 3. The Labute approximate surface area is 114 Å². The first kappa shape index (κ1) is 12.0. The largest absolute Gasteiger partial charge is 0.377 e. The Morgan fingerprint density at radius 2 is 2.16 bits per heavy atom. The van der Waals surface area contributed by atoms with Crippen molar-refractivity contribution in [3.8, 4) is 0 Å². The highest BCUT2D eigenvalue weighted by molar-refractivity contribution is 7.17. The van der Waals surface area contributed by atoms with E-state index in [-0.39, 0.29) is 11.9 Å². The lowest BCUT2D eigenvalue weighted by Crippen LogP contribution is -2.09. The zero-order chi connectivity index (χ0) is 13.2. The predicted molar refractivity (Wildman–Crippen MR) is 75.9 cm³/mol. The SMILES string of the molecule is CC(Nc1ccnc2ccsc12)c1ccncc1F. The molecule has 0 aliphatic rings. The van der Waals surface area contributed by atoms with Gasteiger partial charge in [-0.3, -0.25) is 9.97 Å². The molecule has 3 rings (SSSR count). The van der Waals surface area contributed by atoms with Crippen LogP contribution < -0.4 is 5.32 Å². The molecule has 0 bridgehead atoms. The van der Waals surface area contributed by atoms with Gasteiger partial charge in [-0.05, 0) is 30.5 Å². The van der Waals surface area contributed by atoms with Gasteiger partial charge in [0.15, 0.2) is 0 Å². The van der Waals surface area contributed by atoms with Gasteiger partial charge in [-0.15, -0.1) is 11.3 Å². The normalized spacial score (nSPS) is 12.5. The molecule has 0 spiro atoms. The molecule has 1 atom stereocenters. The first-order chi connectivity index (χ1) is 9.25. The number of hydrogen-bond acceptors (Lipinski definition) is 4. The third-order valence-corrected chi connectivity index (χ3v) is 3.92. The average molecular weight is 273 g/mol. The molecule has 0 aliphatic carbocycles. The second kappa shape index (κ2) is 4.93. The standard InChI is InChI=1S/C14H12FN3S/c1-9(10-2-5-16-8-11(10)15)18-13-3-6-17-12-4-7-19-14(12)13/h2-9H,1H3,(H,17,18). The van der Waals surface area contributed by atoms with Crippen molar-refractivity contribution in [1.82, 2.24) is 9.97 Å². The lowest BCUT2D eigenvalue weighted by atomic mass is 10.1. The van der Waals surface area contributed by atoms with Crippen LogP contribution in [0.4, 0.5) is 10.1 Å². The van der Waals surface area contributed by atoms with E-state index in [1.165, 1.54) is 6.20 Å². The number of fused-ring (bicyclic) bond motifs is 1. The predicted octanol–water partition coefficient (Wildman–Crippen LogP) is 4.00. The molecule has 96 valence electrons. The summed E-state index contributed by atoms with van der Waals surface area (Å²) in [5.41, 5.74) is 2.54. The van der Waals surface area contributed by atoms with Crippen LogP contribution in [-0.2, 0) is 0 Å². The summed E-state index contributed by atoms with van der Waals surface area (Å²) in [4.78, 5) is 8.05. The van der Waals surface area contributed by atoms with Crippen LogP contribution in [0, 0.1) is 5.82 Å². The van der Waals surface area contributed by atoms with E-state index in [0.29, 0.717) is 5.56 Å². The molecule has 0 aromatic carbocycles. The van der Waals surface area contributed by atoms with E-state index in [9.17, 15) is 4.39 Å². The fraction of sp³-hybridized carbons (Fsp3) is 0.143. The summed E-state index contributed by atoms with van der Waals surface area (Å²) < 4.78 is 14.8. The maximum atomic E-state index is 13.7. The van der Waals surface area contributed by atoms with E-state index in [2.05, 4.69) is 15.3 Å². The Morgan fingerprint density at radius 3 is 3.00 bits per heavy atom. The van der Waals surface area contributed by atoms with Crippen LogP contribution in [0.3, 0.4) is 0 Å². The van der Waals surface area contributed by atoms with Crippen LogP contribution in [0.2, 0.25) is 0 Å². The Hall–Kier alpha value is -2.01. The number of halogens is 1. The number of pyridine rings is 2. The quantitative estimate of drug-likeness (QED) is 0.783. The van der Waals surface area contributed by atoms with E-state index >= 15 is 0 Å². The van der Waals surface area contributed by atoms with Gasteiger partial charge < -0.3 is 5.32 Å². The minimum Gasteiger partial charge on any atom is -0.377 e. The number of anilines is 1. The molecule has 5 heteroatoms. The van der Waals surface area contributed by atoms with E-state index in [1.54, 1.807) is 29.8 Å². The van der Waals surface area contributed by atoms with Crippen molar-refractivity contribution in [3.63, 3.8) is 0 Å². The van der Waals surface area contributed by atoms with Crippen LogP contribution in [0.15, 0.2) is 42.2 Å². The summed E-state index contributed by atoms with van der Waals surface area (Å²) >= 11 is 1.62. The first-order valence-electron chi connectivity index (χ1n) is 5.94. The van der Waals surface area contributed by atoms with E-state index in [0.717, 1.165) is 15.9 Å². The van der Waals surface area contributed by atoms with Crippen LogP contribution in [0.1, 0.15) is 18.5 Å². The fourth-order valence-corrected chi connectivity index (χ4v) is 2.86. The van der Waals surface area contributed by atoms with Gasteiger partial charge in [0, 0.05) is 18.0 Å². The molecular weight excluding hydrogens is 261 g/mol. The Balaban J connectivity index is 1.93. The van der Waals surface area contributed by atoms with Crippen molar-refractivity contribution in [2.45, 2.75) is 13.0 Å². The van der Waals surface area contributed by atoms with Crippen molar-refractivity contribution < 1.29 is 4.39 Å². The van der Waals surface area contributed by atoms with E-state index < -0.39 is 0 Å². The zero-order valence-corrected chi connectivity index (χ0v) is 11.1. The lowest BCUT2D eigenvalue weighted by molar-refractivity contribution is 0.594. The van der Waals surface area contributed by atoms with Crippen LogP contribution in [0.5, 0.6) is 0 Å². The second-order valence-corrected chi connectivity index (χ2v) is 5.17. The summed E-state index contributed by atoms with van der Waals surface area (Å²) in [5, 5.41) is 5.33. The van der Waals surface area contributed by atoms with Crippen molar-refractivity contribution in [1.29, 1.82) is 0 Å². The molecule has 0 saturated carbocycles. The highest BCUT2D eigenvalue weighted by Crippen LogP contribution is 2.30. The van der Waals surface area contributed by atoms with Gasteiger partial charge in [0.25, 0.3) is 0 Å². The Kier molecular flexibility index (Phi) is 3.13. The number of nitrogens with zero attached hydrogens (tertiary/aromatic N) is 2. The van der Waals surface area contributed by atoms with Gasteiger partial charge in [-0.2, -0.15) is 0 Å². The minimum absolute atomic E-state index is 0.129. The first-order valence-corrected chi connectivity index (χ1v) is 6.82. The maximum absolute atomic E-state index is 13.7. The zero-order valence-electron chi connectivity index (χ0n) is 10.3. The van der Waals surface area contributed by atoms with Crippen molar-refractivity contribution in [3.05, 3.63) is 53.6 Å². The van der Waals surface area contributed by atoms with Crippen molar-refractivity contribution in [2.24, 2.45) is 0 Å². The van der Waals surface area contributed by atoms with Gasteiger partial charge >= 0.3 is 0 Å². The highest BCUT2D eigenvalue weighted by Gasteiger charge is 2.12.